The maximum absolute atomic E-state index is 13.1. The summed E-state index contributed by atoms with van der Waals surface area (Å²) in [4.78, 5) is 43.9. The number of nitrogens with zero attached hydrogens (tertiary/aromatic N) is 5. The van der Waals surface area contributed by atoms with Crippen LogP contribution in [0.1, 0.15) is 69.7 Å². The quantitative estimate of drug-likeness (QED) is 0.333. The van der Waals surface area contributed by atoms with E-state index in [1.165, 1.54) is 12.5 Å². The van der Waals surface area contributed by atoms with E-state index < -0.39 is 34.6 Å². The Balaban J connectivity index is 1.60. The van der Waals surface area contributed by atoms with Gasteiger partial charge >= 0.3 is 6.18 Å². The number of aromatic nitrogens is 4. The van der Waals surface area contributed by atoms with E-state index in [4.69, 9.17) is 11.6 Å². The molecule has 1 atom stereocenters. The lowest BCUT2D eigenvalue weighted by atomic mass is 10.2. The number of carbonyl (C=O) groups is 2. The predicted molar refractivity (Wildman–Crippen MR) is 138 cm³/mol. The Labute approximate surface area is 226 Å². The van der Waals surface area contributed by atoms with Gasteiger partial charge in [-0.1, -0.05) is 25.4 Å². The molecule has 38 heavy (non-hydrogen) atoms. The van der Waals surface area contributed by atoms with E-state index in [0.717, 1.165) is 49.3 Å². The van der Waals surface area contributed by atoms with Crippen LogP contribution >= 0.6 is 22.9 Å². The van der Waals surface area contributed by atoms with Gasteiger partial charge in [-0.3, -0.25) is 9.59 Å². The van der Waals surface area contributed by atoms with Crippen LogP contribution in [0.2, 0.25) is 5.02 Å². The van der Waals surface area contributed by atoms with Crippen molar-refractivity contribution in [2.24, 2.45) is 0 Å². The molecule has 0 saturated heterocycles. The zero-order chi connectivity index (χ0) is 27.9. The second-order valence-electron chi connectivity index (χ2n) is 8.28. The minimum absolute atomic E-state index is 0.129. The number of hydrogen-bond acceptors (Lipinski definition) is 8. The van der Waals surface area contributed by atoms with E-state index in [9.17, 15) is 22.8 Å². The molecule has 0 fully saturated rings. The monoisotopic (exact) mass is 569 g/mol. The van der Waals surface area contributed by atoms with Crippen molar-refractivity contribution in [2.45, 2.75) is 45.8 Å². The van der Waals surface area contributed by atoms with Crippen molar-refractivity contribution in [3.05, 3.63) is 62.7 Å². The third-order valence-electron chi connectivity index (χ3n) is 5.63. The van der Waals surface area contributed by atoms with Gasteiger partial charge in [-0.25, -0.2) is 19.9 Å². The minimum Gasteiger partial charge on any atom is -0.342 e. The molecule has 3 aromatic rings. The fourth-order valence-corrected chi connectivity index (χ4v) is 4.54. The number of hydrogen-bond donors (Lipinski definition) is 2. The van der Waals surface area contributed by atoms with Gasteiger partial charge in [-0.05, 0) is 51.5 Å². The zero-order valence-electron chi connectivity index (χ0n) is 21.0. The summed E-state index contributed by atoms with van der Waals surface area (Å²) >= 11 is 6.55. The minimum atomic E-state index is -4.69. The fraction of sp³-hybridized carbons (Fsp3) is 0.417. The number of amides is 2. The summed E-state index contributed by atoms with van der Waals surface area (Å²) in [6.07, 6.45) is 0.375. The van der Waals surface area contributed by atoms with Crippen molar-refractivity contribution < 1.29 is 22.8 Å². The molecule has 3 rings (SSSR count). The summed E-state index contributed by atoms with van der Waals surface area (Å²) < 4.78 is 39.2. The molecule has 0 bridgehead atoms. The van der Waals surface area contributed by atoms with E-state index in [2.05, 4.69) is 49.3 Å². The van der Waals surface area contributed by atoms with Gasteiger partial charge in [0.15, 0.2) is 0 Å². The van der Waals surface area contributed by atoms with Gasteiger partial charge < -0.3 is 15.5 Å². The van der Waals surface area contributed by atoms with Gasteiger partial charge in [-0.15, -0.1) is 11.3 Å². The van der Waals surface area contributed by atoms with Gasteiger partial charge in [-0.2, -0.15) is 13.2 Å². The fourth-order valence-electron chi connectivity index (χ4n) is 3.51. The molecule has 1 unspecified atom stereocenters. The summed E-state index contributed by atoms with van der Waals surface area (Å²) in [6, 6.07) is 1.75. The number of carbonyl (C=O) groups excluding carboxylic acids is 2. The Bertz CT molecular complexity index is 1270. The van der Waals surface area contributed by atoms with Crippen molar-refractivity contribution in [3.8, 4) is 0 Å². The second-order valence-corrected chi connectivity index (χ2v) is 9.75. The van der Waals surface area contributed by atoms with Gasteiger partial charge in [0.1, 0.15) is 27.7 Å². The van der Waals surface area contributed by atoms with E-state index in [1.807, 2.05) is 0 Å². The maximum atomic E-state index is 13.1. The molecular weight excluding hydrogens is 543 g/mol. The Morgan fingerprint density at radius 2 is 1.82 bits per heavy atom. The van der Waals surface area contributed by atoms with Crippen LogP contribution in [0.25, 0.3) is 0 Å². The van der Waals surface area contributed by atoms with Crippen molar-refractivity contribution in [1.29, 1.82) is 0 Å². The van der Waals surface area contributed by atoms with Crippen molar-refractivity contribution in [2.75, 3.05) is 25.0 Å². The highest BCUT2D eigenvalue weighted by Crippen LogP contribution is 2.35. The molecule has 204 valence electrons. The lowest BCUT2D eigenvalue weighted by Gasteiger charge is -2.17. The molecule has 2 amide bonds. The molecule has 0 spiro atoms. The third-order valence-corrected chi connectivity index (χ3v) is 7.11. The SMILES string of the molecule is CCN(CC)CCCc1cc(C(=O)NC(C)c2ncc(C(=O)Nc3cc(C(F)(F)F)c(Cl)cn3)s2)ncn1. The van der Waals surface area contributed by atoms with Gasteiger partial charge in [0, 0.05) is 11.9 Å². The number of pyridine rings is 1. The largest absolute Gasteiger partial charge is 0.418 e. The van der Waals surface area contributed by atoms with Crippen LogP contribution in [0.3, 0.4) is 0 Å². The molecular formula is C24H27ClF3N7O2S. The summed E-state index contributed by atoms with van der Waals surface area (Å²) in [6.45, 7) is 8.80. The predicted octanol–water partition coefficient (Wildman–Crippen LogP) is 5.02. The normalized spacial score (nSPS) is 12.4. The van der Waals surface area contributed by atoms with E-state index in [-0.39, 0.29) is 16.4 Å². The molecule has 3 aromatic heterocycles. The average molecular weight is 570 g/mol. The van der Waals surface area contributed by atoms with E-state index >= 15 is 0 Å². The molecule has 0 aromatic carbocycles. The first-order chi connectivity index (χ1) is 18.0. The van der Waals surface area contributed by atoms with Crippen LogP contribution in [-0.4, -0.2) is 56.3 Å². The smallest absolute Gasteiger partial charge is 0.342 e. The standard InChI is InChI=1S/C24H27ClF3N7O2S/c1-4-35(5-2)8-6-7-15-9-18(32-13-31-15)21(36)33-14(3)23-30-12-19(38-23)22(37)34-20-10-16(24(26,27)28)17(25)11-29-20/h9-14H,4-8H2,1-3H3,(H,33,36)(H,29,34,37). The molecule has 0 aliphatic rings. The summed E-state index contributed by atoms with van der Waals surface area (Å²) in [5.74, 6) is -1.42. The van der Waals surface area contributed by atoms with Crippen LogP contribution in [0.15, 0.2) is 30.9 Å². The molecule has 0 aliphatic carbocycles. The first-order valence-corrected chi connectivity index (χ1v) is 13.0. The number of halogens is 4. The molecule has 3 heterocycles. The topological polar surface area (TPSA) is 113 Å². The number of thiazole rings is 1. The van der Waals surface area contributed by atoms with Gasteiger partial charge in [0.25, 0.3) is 11.8 Å². The number of nitrogens with one attached hydrogen (secondary N) is 2. The highest BCUT2D eigenvalue weighted by molar-refractivity contribution is 7.13. The number of anilines is 1. The third kappa shape index (κ3) is 7.92. The summed E-state index contributed by atoms with van der Waals surface area (Å²) in [5.41, 5.74) is -0.126. The average Bonchev–Trinajstić information content (AvgIpc) is 3.38. The lowest BCUT2D eigenvalue weighted by molar-refractivity contribution is -0.137. The van der Waals surface area contributed by atoms with Crippen LogP contribution in [0, 0.1) is 0 Å². The first kappa shape index (κ1) is 29.4. The molecule has 0 radical (unpaired) electrons. The van der Waals surface area contributed by atoms with E-state index in [0.29, 0.717) is 17.5 Å². The number of aryl methyl sites for hydroxylation is 1. The maximum Gasteiger partial charge on any atom is 0.418 e. The van der Waals surface area contributed by atoms with Crippen molar-refractivity contribution in [3.63, 3.8) is 0 Å². The summed E-state index contributed by atoms with van der Waals surface area (Å²) in [7, 11) is 0. The summed E-state index contributed by atoms with van der Waals surface area (Å²) in [5, 5.41) is 4.95. The Hall–Kier alpha value is -3.16. The second kappa shape index (κ2) is 13.1. The van der Waals surface area contributed by atoms with Crippen molar-refractivity contribution in [1.82, 2.24) is 30.2 Å². The Morgan fingerprint density at radius 1 is 1.08 bits per heavy atom. The zero-order valence-corrected chi connectivity index (χ0v) is 22.5. The molecule has 2 N–H and O–H groups in total. The highest BCUT2D eigenvalue weighted by atomic mass is 35.5. The number of alkyl halides is 3. The van der Waals surface area contributed by atoms with Crippen LogP contribution < -0.4 is 10.6 Å². The molecule has 14 heteroatoms. The highest BCUT2D eigenvalue weighted by Gasteiger charge is 2.34. The van der Waals surface area contributed by atoms with Gasteiger partial charge in [0.2, 0.25) is 0 Å². The molecule has 0 aliphatic heterocycles. The Morgan fingerprint density at radius 3 is 2.50 bits per heavy atom. The first-order valence-electron chi connectivity index (χ1n) is 11.9. The molecule has 9 nitrogen and oxygen atoms in total. The van der Waals surface area contributed by atoms with E-state index in [1.54, 1.807) is 13.0 Å². The van der Waals surface area contributed by atoms with Crippen molar-refractivity contribution >= 4 is 40.6 Å². The van der Waals surface area contributed by atoms with Crippen LogP contribution in [-0.2, 0) is 12.6 Å². The lowest BCUT2D eigenvalue weighted by Crippen LogP contribution is -2.27. The Kier molecular flexibility index (Phi) is 10.1. The van der Waals surface area contributed by atoms with Gasteiger partial charge in [0.05, 0.1) is 22.8 Å². The van der Waals surface area contributed by atoms with Crippen LogP contribution in [0.4, 0.5) is 19.0 Å². The molecule has 0 saturated carbocycles. The number of rotatable bonds is 11. The van der Waals surface area contributed by atoms with Crippen LogP contribution in [0.5, 0.6) is 0 Å².